The molecule has 0 spiro atoms. The maximum absolute atomic E-state index is 12.0. The molecule has 0 aliphatic carbocycles. The Labute approximate surface area is 162 Å². The van der Waals surface area contributed by atoms with Crippen LogP contribution in [0.5, 0.6) is 5.75 Å². The molecule has 142 valence electrons. The molecule has 0 aliphatic rings. The van der Waals surface area contributed by atoms with Gasteiger partial charge in [-0.15, -0.1) is 0 Å². The third kappa shape index (κ3) is 6.90. The van der Waals surface area contributed by atoms with Gasteiger partial charge in [0.25, 0.3) is 0 Å². The lowest BCUT2D eigenvalue weighted by Crippen LogP contribution is -2.27. The Bertz CT molecular complexity index is 906. The minimum atomic E-state index is -3.70. The van der Waals surface area contributed by atoms with E-state index in [0.29, 0.717) is 16.3 Å². The summed E-state index contributed by atoms with van der Waals surface area (Å²) < 4.78 is 36.8. The van der Waals surface area contributed by atoms with Crippen LogP contribution in [0.1, 0.15) is 12.0 Å². The molecule has 0 atom stereocenters. The SMILES string of the molecule is N#Cc1ccc(OCCOC(=O)CCNS(=O)(=O)c2ccc(Cl)cc2)cc1. The summed E-state index contributed by atoms with van der Waals surface area (Å²) in [4.78, 5) is 11.7. The van der Waals surface area contributed by atoms with E-state index < -0.39 is 16.0 Å². The Morgan fingerprint density at radius 2 is 1.74 bits per heavy atom. The zero-order valence-electron chi connectivity index (χ0n) is 14.2. The van der Waals surface area contributed by atoms with Crippen LogP contribution in [0, 0.1) is 11.3 Å². The number of esters is 1. The number of carbonyl (C=O) groups is 1. The van der Waals surface area contributed by atoms with Crippen molar-refractivity contribution >= 4 is 27.6 Å². The minimum absolute atomic E-state index is 0.0305. The standard InChI is InChI=1S/C18H17ClN2O5S/c19-15-3-7-17(8-4-15)27(23,24)21-10-9-18(22)26-12-11-25-16-5-1-14(13-20)2-6-16/h1-8,21H,9-12H2. The van der Waals surface area contributed by atoms with Gasteiger partial charge in [0.2, 0.25) is 10.0 Å². The van der Waals surface area contributed by atoms with Crippen LogP contribution in [0.3, 0.4) is 0 Å². The van der Waals surface area contributed by atoms with Gasteiger partial charge < -0.3 is 9.47 Å². The quantitative estimate of drug-likeness (QED) is 0.504. The topological polar surface area (TPSA) is 105 Å². The number of hydrogen-bond donors (Lipinski definition) is 1. The van der Waals surface area contributed by atoms with Gasteiger partial charge in [-0.2, -0.15) is 5.26 Å². The number of ether oxygens (including phenoxy) is 2. The number of benzene rings is 2. The zero-order chi connectivity index (χ0) is 19.7. The van der Waals surface area contributed by atoms with Gasteiger partial charge in [0.15, 0.2) is 0 Å². The summed E-state index contributed by atoms with van der Waals surface area (Å²) in [5.74, 6) is 0.0120. The summed E-state index contributed by atoms with van der Waals surface area (Å²) >= 11 is 5.72. The zero-order valence-corrected chi connectivity index (χ0v) is 15.8. The average Bonchev–Trinajstić information content (AvgIpc) is 2.66. The summed E-state index contributed by atoms with van der Waals surface area (Å²) in [7, 11) is -3.70. The number of nitrogens with one attached hydrogen (secondary N) is 1. The maximum Gasteiger partial charge on any atom is 0.307 e. The van der Waals surface area contributed by atoms with E-state index in [9.17, 15) is 13.2 Å². The Balaban J connectivity index is 1.65. The number of sulfonamides is 1. The van der Waals surface area contributed by atoms with Crippen molar-refractivity contribution in [1.82, 2.24) is 4.72 Å². The number of hydrogen-bond acceptors (Lipinski definition) is 6. The van der Waals surface area contributed by atoms with E-state index in [1.807, 2.05) is 6.07 Å². The molecule has 0 fully saturated rings. The predicted octanol–water partition coefficient (Wildman–Crippen LogP) is 2.50. The van der Waals surface area contributed by atoms with E-state index in [1.54, 1.807) is 24.3 Å². The molecule has 0 saturated heterocycles. The maximum atomic E-state index is 12.0. The highest BCUT2D eigenvalue weighted by Crippen LogP contribution is 2.14. The summed E-state index contributed by atoms with van der Waals surface area (Å²) in [5, 5.41) is 9.14. The van der Waals surface area contributed by atoms with E-state index in [0.717, 1.165) is 0 Å². The largest absolute Gasteiger partial charge is 0.490 e. The summed E-state index contributed by atoms with van der Waals surface area (Å²) in [6.45, 7) is 0.0944. The van der Waals surface area contributed by atoms with Crippen molar-refractivity contribution in [3.8, 4) is 11.8 Å². The molecule has 27 heavy (non-hydrogen) atoms. The first-order chi connectivity index (χ1) is 12.9. The molecule has 7 nitrogen and oxygen atoms in total. The van der Waals surface area contributed by atoms with Crippen LogP contribution < -0.4 is 9.46 Å². The molecule has 2 aromatic rings. The van der Waals surface area contributed by atoms with Crippen molar-refractivity contribution in [3.05, 3.63) is 59.1 Å². The fraction of sp³-hybridized carbons (Fsp3) is 0.222. The van der Waals surface area contributed by atoms with E-state index in [2.05, 4.69) is 4.72 Å². The third-order valence-corrected chi connectivity index (χ3v) is 5.07. The van der Waals surface area contributed by atoms with Crippen LogP contribution in [0.2, 0.25) is 5.02 Å². The van der Waals surface area contributed by atoms with Gasteiger partial charge in [0.1, 0.15) is 19.0 Å². The van der Waals surface area contributed by atoms with Crippen molar-refractivity contribution in [2.45, 2.75) is 11.3 Å². The van der Waals surface area contributed by atoms with Crippen LogP contribution in [0.15, 0.2) is 53.4 Å². The fourth-order valence-corrected chi connectivity index (χ4v) is 3.16. The third-order valence-electron chi connectivity index (χ3n) is 3.34. The first-order valence-corrected chi connectivity index (χ1v) is 9.80. The molecule has 2 rings (SSSR count). The van der Waals surface area contributed by atoms with Crippen LogP contribution in [0.25, 0.3) is 0 Å². The molecule has 9 heteroatoms. The molecule has 2 aromatic carbocycles. The smallest absolute Gasteiger partial charge is 0.307 e. The lowest BCUT2D eigenvalue weighted by Gasteiger charge is -2.08. The van der Waals surface area contributed by atoms with E-state index in [4.69, 9.17) is 26.3 Å². The molecular weight excluding hydrogens is 392 g/mol. The van der Waals surface area contributed by atoms with Gasteiger partial charge in [0, 0.05) is 11.6 Å². The van der Waals surface area contributed by atoms with Crippen LogP contribution >= 0.6 is 11.6 Å². The first kappa shape index (κ1) is 20.7. The first-order valence-electron chi connectivity index (χ1n) is 7.94. The Morgan fingerprint density at radius 1 is 1.07 bits per heavy atom. The minimum Gasteiger partial charge on any atom is -0.490 e. The van der Waals surface area contributed by atoms with E-state index in [-0.39, 0.29) is 31.1 Å². The highest BCUT2D eigenvalue weighted by atomic mass is 35.5. The number of carbonyl (C=O) groups excluding carboxylic acids is 1. The second-order valence-electron chi connectivity index (χ2n) is 5.31. The van der Waals surface area contributed by atoms with Gasteiger partial charge in [0.05, 0.1) is 22.9 Å². The van der Waals surface area contributed by atoms with Gasteiger partial charge in [-0.1, -0.05) is 11.6 Å². The van der Waals surface area contributed by atoms with Crippen molar-refractivity contribution in [2.24, 2.45) is 0 Å². The molecule has 0 saturated carbocycles. The normalized spacial score (nSPS) is 10.8. The average molecular weight is 409 g/mol. The molecular formula is C18H17ClN2O5S. The molecule has 1 N–H and O–H groups in total. The van der Waals surface area contributed by atoms with Gasteiger partial charge in [-0.3, -0.25) is 4.79 Å². The van der Waals surface area contributed by atoms with Gasteiger partial charge in [-0.05, 0) is 48.5 Å². The Morgan fingerprint density at radius 3 is 2.37 bits per heavy atom. The van der Waals surface area contributed by atoms with Crippen LogP contribution in [0.4, 0.5) is 0 Å². The van der Waals surface area contributed by atoms with Crippen LogP contribution in [-0.2, 0) is 19.6 Å². The predicted molar refractivity (Wildman–Crippen MR) is 98.9 cm³/mol. The molecule has 0 unspecified atom stereocenters. The number of nitriles is 1. The summed E-state index contributed by atoms with van der Waals surface area (Å²) in [6.07, 6.45) is -0.107. The highest BCUT2D eigenvalue weighted by molar-refractivity contribution is 7.89. The monoisotopic (exact) mass is 408 g/mol. The highest BCUT2D eigenvalue weighted by Gasteiger charge is 2.14. The Hall–Kier alpha value is -2.60. The van der Waals surface area contributed by atoms with Crippen molar-refractivity contribution in [2.75, 3.05) is 19.8 Å². The lowest BCUT2D eigenvalue weighted by molar-refractivity contribution is -0.144. The van der Waals surface area contributed by atoms with Crippen molar-refractivity contribution in [1.29, 1.82) is 5.26 Å². The number of halogens is 1. The molecule has 0 bridgehead atoms. The van der Waals surface area contributed by atoms with Gasteiger partial charge in [-0.25, -0.2) is 13.1 Å². The second kappa shape index (κ2) is 9.92. The van der Waals surface area contributed by atoms with Crippen LogP contribution in [-0.4, -0.2) is 34.1 Å². The van der Waals surface area contributed by atoms with Gasteiger partial charge >= 0.3 is 5.97 Å². The molecule has 0 aromatic heterocycles. The molecule has 0 amide bonds. The second-order valence-corrected chi connectivity index (χ2v) is 7.51. The fourth-order valence-electron chi connectivity index (χ4n) is 2.00. The van der Waals surface area contributed by atoms with E-state index in [1.165, 1.54) is 24.3 Å². The van der Waals surface area contributed by atoms with E-state index >= 15 is 0 Å². The molecule has 0 heterocycles. The molecule has 0 aliphatic heterocycles. The summed E-state index contributed by atoms with van der Waals surface area (Å²) in [6, 6.07) is 14.2. The van der Waals surface area contributed by atoms with Crippen molar-refractivity contribution < 1.29 is 22.7 Å². The Kier molecular flexibility index (Phi) is 7.61. The number of nitrogens with zero attached hydrogens (tertiary/aromatic N) is 1. The summed E-state index contributed by atoms with van der Waals surface area (Å²) in [5.41, 5.74) is 0.523. The van der Waals surface area contributed by atoms with Crippen molar-refractivity contribution in [3.63, 3.8) is 0 Å². The lowest BCUT2D eigenvalue weighted by atomic mass is 10.2. The molecule has 0 radical (unpaired) electrons. The number of rotatable bonds is 9.